The second kappa shape index (κ2) is 151. The lowest BCUT2D eigenvalue weighted by Gasteiger charge is -2.22. The van der Waals surface area contributed by atoms with Crippen LogP contribution >= 0.6 is 0 Å². The van der Waals surface area contributed by atoms with E-state index in [1.165, 1.54) is 52.0 Å². The highest BCUT2D eigenvalue weighted by Crippen LogP contribution is 2.08. The molecule has 32 heteroatoms. The number of hydrogen-bond acceptors (Lipinski definition) is 28. The molecule has 2 aliphatic rings. The van der Waals surface area contributed by atoms with Gasteiger partial charge in [0.15, 0.2) is 32.1 Å². The van der Waals surface area contributed by atoms with E-state index in [2.05, 4.69) is 80.3 Å². The Labute approximate surface area is 583 Å². The number of amides is 2. The number of carbonyl (C=O) groups excluding carboxylic acids is 13. The molecule has 2 saturated heterocycles. The smallest absolute Gasteiger partial charge is 0.409 e. The Kier molecular flexibility index (Phi) is 331. The molecular weight excluding hydrogens is 1260 g/mol. The predicted molar refractivity (Wildman–Crippen MR) is 396 cm³/mol. The maximum absolute atomic E-state index is 11.1. The summed E-state index contributed by atoms with van der Waals surface area (Å²) in [5, 5.41) is 29.8. The molecule has 0 spiro atoms. The van der Waals surface area contributed by atoms with Crippen LogP contribution in [0.15, 0.2) is 20.0 Å². The third-order valence-corrected chi connectivity index (χ3v) is 5.90. The number of nitrogens with one attached hydrogen (secondary N) is 2. The maximum Gasteiger partial charge on any atom is 0.409 e. The lowest BCUT2D eigenvalue weighted by molar-refractivity contribution is -0.191. The van der Waals surface area contributed by atoms with Crippen LogP contribution in [0.4, 0.5) is 0 Å². The zero-order chi connectivity index (χ0) is 53.1. The van der Waals surface area contributed by atoms with Gasteiger partial charge in [-0.25, -0.2) is 47.9 Å². The Bertz CT molecular complexity index is 1690. The van der Waals surface area contributed by atoms with E-state index in [-0.39, 0.29) is 232 Å². The topological polar surface area (TPSA) is 457 Å². The van der Waals surface area contributed by atoms with E-state index in [1.807, 2.05) is 6.92 Å². The number of aliphatic hydroxyl groups is 3. The Morgan fingerprint density at radius 2 is 0.819 bits per heavy atom. The molecule has 2 rings (SSSR count). The van der Waals surface area contributed by atoms with Gasteiger partial charge in [-0.3, -0.25) is 14.4 Å². The lowest BCUT2D eigenvalue weighted by Crippen LogP contribution is -2.40. The van der Waals surface area contributed by atoms with Crippen molar-refractivity contribution in [3.8, 4) is 0 Å². The first-order chi connectivity index (χ1) is 32.2. The molecule has 0 aromatic rings. The minimum absolute atomic E-state index is 0. The van der Waals surface area contributed by atoms with Crippen molar-refractivity contribution < 1.29 is 111 Å². The number of aliphatic imine (C=N–C) groups is 4. The maximum atomic E-state index is 11.1. The molecule has 0 aliphatic carbocycles. The summed E-state index contributed by atoms with van der Waals surface area (Å²) in [7, 11) is 0. The fourth-order valence-corrected chi connectivity index (χ4v) is 2.85. The summed E-state index contributed by atoms with van der Waals surface area (Å²) in [6.07, 6.45) is 3.79. The van der Waals surface area contributed by atoms with Crippen molar-refractivity contribution >= 4 is 90.3 Å². The van der Waals surface area contributed by atoms with Crippen LogP contribution in [0, 0.1) is 0 Å². The summed E-state index contributed by atoms with van der Waals surface area (Å²) >= 11 is 3.57. The van der Waals surface area contributed by atoms with Crippen molar-refractivity contribution in [2.45, 2.75) is 284 Å². The molecule has 0 bridgehead atoms. The Morgan fingerprint density at radius 1 is 0.553 bits per heavy atom. The summed E-state index contributed by atoms with van der Waals surface area (Å²) < 4.78 is 33.8. The van der Waals surface area contributed by atoms with E-state index in [0.717, 1.165) is 19.3 Å². The first-order valence-electron chi connectivity index (χ1n) is 19.0. The van der Waals surface area contributed by atoms with E-state index < -0.39 is 91.7 Å². The van der Waals surface area contributed by atoms with Crippen molar-refractivity contribution in [1.82, 2.24) is 14.8 Å². The molecule has 4 unspecified atom stereocenters. The van der Waals surface area contributed by atoms with E-state index in [9.17, 15) is 62.3 Å². The minimum atomic E-state index is -1.35. The van der Waals surface area contributed by atoms with Gasteiger partial charge in [0.25, 0.3) is 0 Å². The first kappa shape index (κ1) is 205. The van der Waals surface area contributed by atoms with Crippen molar-refractivity contribution in [2.75, 3.05) is 59.6 Å². The first-order valence-corrected chi connectivity index (χ1v) is 19.4. The number of aliphatic hydroxyl groups excluding tert-OH is 3. The Morgan fingerprint density at radius 3 is 1.01 bits per heavy atom. The predicted octanol–water partition coefficient (Wildman–Crippen LogP) is 13.0. The highest BCUT2D eigenvalue weighted by molar-refractivity contribution is 7.46. The number of ether oxygens (including phenoxy) is 7. The average molecular weight is 1410 g/mol. The molecule has 2 aliphatic heterocycles. The molecule has 0 aromatic heterocycles. The monoisotopic (exact) mass is 1410 g/mol. The molecule has 31 nitrogen and oxygen atoms in total. The van der Waals surface area contributed by atoms with Crippen molar-refractivity contribution in [1.29, 1.82) is 0 Å². The minimum Gasteiger partial charge on any atom is -0.466 e. The van der Waals surface area contributed by atoms with Gasteiger partial charge in [-0.05, 0) is 47.0 Å². The number of rotatable bonds is 18. The summed E-state index contributed by atoms with van der Waals surface area (Å²) in [5.41, 5.74) is 7.01. The largest absolute Gasteiger partial charge is 0.466 e. The molecule has 2 fully saturated rings. The second-order valence-electron chi connectivity index (χ2n) is 11.5. The van der Waals surface area contributed by atoms with Gasteiger partial charge in [0.2, 0.25) is 36.1 Å². The number of cyclic esters (lactones) is 3. The van der Waals surface area contributed by atoms with E-state index in [0.29, 0.717) is 19.6 Å². The van der Waals surface area contributed by atoms with E-state index in [4.69, 9.17) is 20.9 Å². The number of esters is 7. The molecule has 5 N–H and O–H groups in total. The fraction of sp³-hybridized carbons (Fsp3) is 0.790. The van der Waals surface area contributed by atoms with Gasteiger partial charge in [-0.1, -0.05) is 204 Å². The van der Waals surface area contributed by atoms with E-state index >= 15 is 0 Å². The number of carbonyl (C=O) groups is 9. The van der Waals surface area contributed by atoms with Crippen molar-refractivity contribution in [2.24, 2.45) is 20.0 Å². The average Bonchev–Trinajstić information content (AvgIpc) is 3.30. The molecule has 2 amide bonds. The van der Waals surface area contributed by atoms with Crippen LogP contribution in [-0.4, -0.2) is 177 Å². The lowest BCUT2D eigenvalue weighted by atomic mass is 10.2. The Balaban J connectivity index is -0.0000000172. The van der Waals surface area contributed by atoms with Gasteiger partial charge >= 0.3 is 54.2 Å². The molecule has 0 radical (unpaired) electrons. The number of isocyanates is 4. The zero-order valence-electron chi connectivity index (χ0n) is 37.3. The van der Waals surface area contributed by atoms with Crippen molar-refractivity contribution in [3.63, 3.8) is 0 Å². The van der Waals surface area contributed by atoms with Gasteiger partial charge in [0, 0.05) is 13.0 Å². The van der Waals surface area contributed by atoms with Crippen LogP contribution in [0.2, 0.25) is 0 Å². The van der Waals surface area contributed by atoms with Crippen LogP contribution in [0.25, 0.3) is 5.53 Å². The SMILES string of the molecule is C.C.C.C.C.C.C.C.C.C.C.C.C.C.C.C.C.C.C.C.C.C.C.C.C.C.CC(O)C(=O)OCC(=O)OCCOC(=O)COC(=O)C(C)O.CC1OC(=O)C(C)OC1=O.CCCO.O=C1CCCCO1.O=C=NCN=C=O.O=C=NCNC(=O)CC(=O)NCN=C=O.[N-]=[N+]=S. The molecule has 588 valence electrons. The third-order valence-electron chi connectivity index (χ3n) is 5.90. The summed E-state index contributed by atoms with van der Waals surface area (Å²) in [5.74, 6) is -5.89. The number of hydrogen-bond donors (Lipinski definition) is 5. The zero-order valence-corrected chi connectivity index (χ0v) is 38.1. The molecule has 0 aromatic carbocycles. The second-order valence-corrected chi connectivity index (χ2v) is 11.6. The van der Waals surface area contributed by atoms with Gasteiger partial charge in [-0.2, -0.15) is 20.0 Å². The van der Waals surface area contributed by atoms with Crippen LogP contribution in [0.1, 0.15) is 260 Å². The molecular formula is C62H156N8O23S. The summed E-state index contributed by atoms with van der Waals surface area (Å²) in [6, 6.07) is 0. The third kappa shape index (κ3) is 161. The van der Waals surface area contributed by atoms with Crippen molar-refractivity contribution in [3.05, 3.63) is 5.53 Å². The summed E-state index contributed by atoms with van der Waals surface area (Å²) in [6.45, 7) is 5.67. The van der Waals surface area contributed by atoms with Gasteiger partial charge < -0.3 is 64.6 Å². The Hall–Kier alpha value is -7.64. The number of nitrogens with zero attached hydrogens (tertiary/aromatic N) is 6. The normalized spacial score (nSPS) is 10.2. The van der Waals surface area contributed by atoms with Crippen LogP contribution < -0.4 is 14.8 Å². The van der Waals surface area contributed by atoms with Crippen LogP contribution in [0.5, 0.6) is 0 Å². The molecule has 94 heavy (non-hydrogen) atoms. The standard InChI is InChI=1S/C12H18O10.C7H8N4O4.C6H8O4.C5H8O2.C3H2N2O2.C3H8O.26CH4.N2S/c1-7(13)11(17)21-5-9(15)19-3-4-20-10(16)6-22-12(18)8(2)14;12-4-8-2-10-6(14)1-7(15)11-3-9-5-13;1-3-5(7)10-4(2)6(8)9-3;6-5-3-1-2-4-7-5;6-2-4-1-5-3-7;1-2-3-4;;;;;;;;;;;;;;;;;;;;;;;;;;;1-2-3/h7-8,13-14H,3-6H2,1-2H3;1-3H2,(H,10,14)(H,11,15);3-4H,1-2H3;1-4H2;1H2;4H,2-3H2,1H3;26*1H4;. The molecule has 0 saturated carbocycles. The van der Waals surface area contributed by atoms with Gasteiger partial charge in [0.1, 0.15) is 45.2 Å². The van der Waals surface area contributed by atoms with Gasteiger partial charge in [0.05, 0.1) is 6.61 Å². The molecule has 4 atom stereocenters. The van der Waals surface area contributed by atoms with E-state index in [1.54, 1.807) is 0 Å². The highest BCUT2D eigenvalue weighted by Gasteiger charge is 2.32. The molecule has 2 heterocycles. The fourth-order valence-electron chi connectivity index (χ4n) is 2.85. The van der Waals surface area contributed by atoms with Crippen LogP contribution in [-0.2, 0) is 108 Å². The summed E-state index contributed by atoms with van der Waals surface area (Å²) in [4.78, 5) is 147. The van der Waals surface area contributed by atoms with Gasteiger partial charge in [-0.15, -0.1) is 0 Å². The van der Waals surface area contributed by atoms with Crippen LogP contribution in [0.3, 0.4) is 0 Å². The highest BCUT2D eigenvalue weighted by atomic mass is 32.1. The quantitative estimate of drug-likeness (QED) is 0.0124.